The molecule has 2 aromatic heterocycles. The molecule has 5 heteroatoms. The van der Waals surface area contributed by atoms with Crippen LogP contribution in [0.4, 0.5) is 0 Å². The van der Waals surface area contributed by atoms with E-state index in [9.17, 15) is 4.79 Å². The summed E-state index contributed by atoms with van der Waals surface area (Å²) in [4.78, 5) is 15.7. The predicted octanol–water partition coefficient (Wildman–Crippen LogP) is 2.80. The van der Waals surface area contributed by atoms with E-state index in [1.807, 2.05) is 29.1 Å². The van der Waals surface area contributed by atoms with Crippen molar-refractivity contribution in [3.05, 3.63) is 39.8 Å². The Morgan fingerprint density at radius 1 is 1.48 bits per heavy atom. The first kappa shape index (κ1) is 14.3. The van der Waals surface area contributed by atoms with Gasteiger partial charge >= 0.3 is 0 Å². The molecule has 1 fully saturated rings. The topological polar surface area (TPSA) is 38.1 Å². The van der Waals surface area contributed by atoms with Gasteiger partial charge in [-0.25, -0.2) is 0 Å². The van der Waals surface area contributed by atoms with Crippen LogP contribution >= 0.6 is 11.3 Å². The normalized spacial score (nSPS) is 18.4. The minimum atomic E-state index is 0.251. The van der Waals surface area contributed by atoms with E-state index in [-0.39, 0.29) is 11.9 Å². The highest BCUT2D eigenvalue weighted by molar-refractivity contribution is 7.10. The Morgan fingerprint density at radius 2 is 2.33 bits per heavy atom. The third kappa shape index (κ3) is 3.18. The second kappa shape index (κ2) is 6.02. The van der Waals surface area contributed by atoms with Crippen molar-refractivity contribution in [3.8, 4) is 0 Å². The van der Waals surface area contributed by atoms with E-state index in [2.05, 4.69) is 23.0 Å². The van der Waals surface area contributed by atoms with Crippen LogP contribution in [0.3, 0.4) is 0 Å². The lowest BCUT2D eigenvalue weighted by Crippen LogP contribution is -2.39. The van der Waals surface area contributed by atoms with Gasteiger partial charge in [0.05, 0.1) is 24.7 Å². The highest BCUT2D eigenvalue weighted by Crippen LogP contribution is 2.21. The van der Waals surface area contributed by atoms with Gasteiger partial charge in [-0.15, -0.1) is 11.3 Å². The zero-order valence-corrected chi connectivity index (χ0v) is 13.4. The molecule has 3 rings (SSSR count). The van der Waals surface area contributed by atoms with Gasteiger partial charge in [-0.2, -0.15) is 5.10 Å². The summed E-state index contributed by atoms with van der Waals surface area (Å²) in [6, 6.07) is 6.42. The minimum absolute atomic E-state index is 0.251. The van der Waals surface area contributed by atoms with E-state index < -0.39 is 0 Å². The fourth-order valence-electron chi connectivity index (χ4n) is 3.08. The molecule has 0 aromatic carbocycles. The number of thiophene rings is 1. The minimum Gasteiger partial charge on any atom is -0.338 e. The fraction of sp³-hybridized carbons (Fsp3) is 0.500. The van der Waals surface area contributed by atoms with Crippen LogP contribution in [0.5, 0.6) is 0 Å². The monoisotopic (exact) mass is 303 g/mol. The Morgan fingerprint density at radius 3 is 3.00 bits per heavy atom. The molecule has 0 radical (unpaired) electrons. The molecule has 0 bridgehead atoms. The van der Waals surface area contributed by atoms with Gasteiger partial charge in [-0.05, 0) is 44.2 Å². The van der Waals surface area contributed by atoms with Gasteiger partial charge in [0.1, 0.15) is 0 Å². The van der Waals surface area contributed by atoms with Crippen LogP contribution in [-0.2, 0) is 17.8 Å². The molecule has 1 amide bonds. The maximum absolute atomic E-state index is 12.5. The second-order valence-electron chi connectivity index (χ2n) is 5.75. The summed E-state index contributed by atoms with van der Waals surface area (Å²) in [5.74, 6) is 0.251. The third-order valence-electron chi connectivity index (χ3n) is 4.09. The zero-order chi connectivity index (χ0) is 14.8. The van der Waals surface area contributed by atoms with Gasteiger partial charge in [0.2, 0.25) is 5.91 Å². The second-order valence-corrected chi connectivity index (χ2v) is 6.78. The Balaban J connectivity index is 1.67. The summed E-state index contributed by atoms with van der Waals surface area (Å²) >= 11 is 1.66. The summed E-state index contributed by atoms with van der Waals surface area (Å²) in [6.45, 7) is 5.79. The molecule has 0 saturated carbocycles. The smallest absolute Gasteiger partial charge is 0.228 e. The molecule has 0 N–H and O–H groups in total. The number of aryl methyl sites for hydroxylation is 2. The Labute approximate surface area is 129 Å². The Hall–Kier alpha value is -1.62. The number of aromatic nitrogens is 2. The maximum Gasteiger partial charge on any atom is 0.228 e. The van der Waals surface area contributed by atoms with Crippen molar-refractivity contribution in [1.29, 1.82) is 0 Å². The molecule has 2 aromatic rings. The summed E-state index contributed by atoms with van der Waals surface area (Å²) in [6.07, 6.45) is 2.71. The molecule has 0 spiro atoms. The quantitative estimate of drug-likeness (QED) is 0.871. The molecule has 1 aliphatic heterocycles. The summed E-state index contributed by atoms with van der Waals surface area (Å²) in [5, 5.41) is 6.55. The van der Waals surface area contributed by atoms with Crippen molar-refractivity contribution in [2.75, 3.05) is 6.54 Å². The van der Waals surface area contributed by atoms with Crippen molar-refractivity contribution >= 4 is 17.2 Å². The number of rotatable bonds is 4. The van der Waals surface area contributed by atoms with Crippen LogP contribution in [0, 0.1) is 13.8 Å². The number of hydrogen-bond acceptors (Lipinski definition) is 3. The Bertz CT molecular complexity index is 618. The first-order chi connectivity index (χ1) is 10.1. The van der Waals surface area contributed by atoms with E-state index in [0.29, 0.717) is 6.42 Å². The fourth-order valence-corrected chi connectivity index (χ4v) is 3.77. The summed E-state index contributed by atoms with van der Waals surface area (Å²) < 4.78 is 2.04. The molecule has 112 valence electrons. The average molecular weight is 303 g/mol. The number of hydrogen-bond donors (Lipinski definition) is 0. The average Bonchev–Trinajstić information content (AvgIpc) is 3.13. The molecule has 0 aliphatic carbocycles. The van der Waals surface area contributed by atoms with Crippen LogP contribution in [0.2, 0.25) is 0 Å². The van der Waals surface area contributed by atoms with Crippen molar-refractivity contribution in [2.45, 2.75) is 45.7 Å². The lowest BCUT2D eigenvalue weighted by molar-refractivity contribution is -0.131. The number of amides is 1. The van der Waals surface area contributed by atoms with Crippen molar-refractivity contribution in [3.63, 3.8) is 0 Å². The molecule has 4 nitrogen and oxygen atoms in total. The van der Waals surface area contributed by atoms with Gasteiger partial charge in [0, 0.05) is 17.1 Å². The standard InChI is InChI=1S/C16H21N3OS/c1-12-9-13(2)19(17-12)11-14-5-3-7-18(14)16(20)10-15-6-4-8-21-15/h4,6,8-9,14H,3,5,7,10-11H2,1-2H3/t14-/m1/s1. The van der Waals surface area contributed by atoms with Crippen LogP contribution in [0.15, 0.2) is 23.6 Å². The molecule has 1 saturated heterocycles. The van der Waals surface area contributed by atoms with Crippen molar-refractivity contribution in [1.82, 2.24) is 14.7 Å². The highest BCUT2D eigenvalue weighted by atomic mass is 32.1. The van der Waals surface area contributed by atoms with Gasteiger partial charge in [0.15, 0.2) is 0 Å². The number of nitrogens with zero attached hydrogens (tertiary/aromatic N) is 3. The van der Waals surface area contributed by atoms with Gasteiger partial charge in [-0.3, -0.25) is 9.48 Å². The van der Waals surface area contributed by atoms with E-state index in [0.717, 1.165) is 36.5 Å². The van der Waals surface area contributed by atoms with Crippen LogP contribution in [0.25, 0.3) is 0 Å². The maximum atomic E-state index is 12.5. The van der Waals surface area contributed by atoms with Crippen molar-refractivity contribution < 1.29 is 4.79 Å². The third-order valence-corrected chi connectivity index (χ3v) is 4.97. The predicted molar refractivity (Wildman–Crippen MR) is 84.5 cm³/mol. The van der Waals surface area contributed by atoms with E-state index >= 15 is 0 Å². The molecular formula is C16H21N3OS. The molecule has 0 unspecified atom stereocenters. The number of carbonyl (C=O) groups excluding carboxylic acids is 1. The number of carbonyl (C=O) groups is 1. The molecular weight excluding hydrogens is 282 g/mol. The molecule has 1 aliphatic rings. The summed E-state index contributed by atoms with van der Waals surface area (Å²) in [5.41, 5.74) is 2.21. The zero-order valence-electron chi connectivity index (χ0n) is 12.6. The highest BCUT2D eigenvalue weighted by Gasteiger charge is 2.29. The van der Waals surface area contributed by atoms with Gasteiger partial charge < -0.3 is 4.90 Å². The SMILES string of the molecule is Cc1cc(C)n(C[C@H]2CCCN2C(=O)Cc2cccs2)n1. The van der Waals surface area contributed by atoms with Gasteiger partial charge in [0.25, 0.3) is 0 Å². The molecule has 1 atom stereocenters. The van der Waals surface area contributed by atoms with E-state index in [1.165, 1.54) is 5.69 Å². The first-order valence-electron chi connectivity index (χ1n) is 7.46. The van der Waals surface area contributed by atoms with Crippen LogP contribution in [-0.4, -0.2) is 33.2 Å². The molecule has 3 heterocycles. The van der Waals surface area contributed by atoms with Gasteiger partial charge in [-0.1, -0.05) is 6.07 Å². The summed E-state index contributed by atoms with van der Waals surface area (Å²) in [7, 11) is 0. The van der Waals surface area contributed by atoms with E-state index in [1.54, 1.807) is 11.3 Å². The molecule has 21 heavy (non-hydrogen) atoms. The Kier molecular flexibility index (Phi) is 4.10. The van der Waals surface area contributed by atoms with Crippen LogP contribution in [0.1, 0.15) is 29.1 Å². The lowest BCUT2D eigenvalue weighted by Gasteiger charge is -2.25. The number of likely N-dealkylation sites (tertiary alicyclic amines) is 1. The van der Waals surface area contributed by atoms with Crippen molar-refractivity contribution in [2.24, 2.45) is 0 Å². The van der Waals surface area contributed by atoms with Crippen LogP contribution < -0.4 is 0 Å². The first-order valence-corrected chi connectivity index (χ1v) is 8.34. The lowest BCUT2D eigenvalue weighted by atomic mass is 10.2. The van der Waals surface area contributed by atoms with E-state index in [4.69, 9.17) is 0 Å². The largest absolute Gasteiger partial charge is 0.338 e.